The van der Waals surface area contributed by atoms with Crippen molar-refractivity contribution >= 4 is 5.78 Å². The molecule has 0 radical (unpaired) electrons. The van der Waals surface area contributed by atoms with Gasteiger partial charge in [-0.05, 0) is 0 Å². The third-order valence-corrected chi connectivity index (χ3v) is 1.13. The van der Waals surface area contributed by atoms with Crippen LogP contribution in [0.3, 0.4) is 0 Å². The summed E-state index contributed by atoms with van der Waals surface area (Å²) < 4.78 is 9.53. The van der Waals surface area contributed by atoms with E-state index in [0.717, 1.165) is 0 Å². The van der Waals surface area contributed by atoms with Crippen LogP contribution in [-0.2, 0) is 14.3 Å². The van der Waals surface area contributed by atoms with Crippen LogP contribution in [0, 0.1) is 0 Å². The summed E-state index contributed by atoms with van der Waals surface area (Å²) in [6.45, 7) is 0.478. The topological polar surface area (TPSA) is 35.5 Å². The Morgan fingerprint density at radius 1 is 1.78 bits per heavy atom. The Morgan fingerprint density at radius 2 is 2.56 bits per heavy atom. The van der Waals surface area contributed by atoms with Crippen molar-refractivity contribution in [3.8, 4) is 0 Å². The number of methoxy groups -OCH3 is 1. The summed E-state index contributed by atoms with van der Waals surface area (Å²) in [6.07, 6.45) is 1.78. The largest absolute Gasteiger partial charge is 0.497 e. The molecule has 9 heavy (non-hydrogen) atoms. The smallest absolute Gasteiger partial charge is 0.203 e. The molecule has 0 spiro atoms. The lowest BCUT2D eigenvalue weighted by Gasteiger charge is -2.09. The molecule has 50 valence electrons. The van der Waals surface area contributed by atoms with Gasteiger partial charge in [0, 0.05) is 6.42 Å². The summed E-state index contributed by atoms with van der Waals surface area (Å²) in [5.41, 5.74) is 0. The predicted octanol–water partition coefficient (Wildman–Crippen LogP) is 0.464. The van der Waals surface area contributed by atoms with Crippen LogP contribution < -0.4 is 0 Å². The van der Waals surface area contributed by atoms with E-state index in [2.05, 4.69) is 4.74 Å². The number of carbonyl (C=O) groups excluding carboxylic acids is 1. The minimum atomic E-state index is 0.0174. The number of allylic oxidation sites excluding steroid dienone is 1. The molecule has 0 atom stereocenters. The molecule has 1 heterocycles. The summed E-state index contributed by atoms with van der Waals surface area (Å²) in [4.78, 5) is 10.8. The van der Waals surface area contributed by atoms with Crippen LogP contribution in [0.1, 0.15) is 6.42 Å². The Balaban J connectivity index is 2.64. The van der Waals surface area contributed by atoms with Gasteiger partial charge in [-0.3, -0.25) is 4.79 Å². The van der Waals surface area contributed by atoms with Crippen molar-refractivity contribution in [3.05, 3.63) is 12.0 Å². The second-order valence-corrected chi connectivity index (χ2v) is 1.73. The highest BCUT2D eigenvalue weighted by molar-refractivity contribution is 5.93. The summed E-state index contributed by atoms with van der Waals surface area (Å²) >= 11 is 0. The summed E-state index contributed by atoms with van der Waals surface area (Å²) in [5.74, 6) is 0.338. The van der Waals surface area contributed by atoms with Crippen molar-refractivity contribution in [2.45, 2.75) is 6.42 Å². The van der Waals surface area contributed by atoms with Crippen LogP contribution in [0.5, 0.6) is 0 Å². The highest BCUT2D eigenvalue weighted by Crippen LogP contribution is 2.06. The Bertz CT molecular complexity index is 148. The maximum atomic E-state index is 10.8. The number of hydrogen-bond donors (Lipinski definition) is 0. The first-order chi connectivity index (χ1) is 4.34. The van der Waals surface area contributed by atoms with Gasteiger partial charge in [0.25, 0.3) is 0 Å². The van der Waals surface area contributed by atoms with Crippen LogP contribution in [0.2, 0.25) is 0 Å². The fraction of sp³-hybridized carbons (Fsp3) is 0.500. The molecule has 0 saturated carbocycles. The molecule has 0 bridgehead atoms. The zero-order valence-corrected chi connectivity index (χ0v) is 5.22. The molecule has 3 heteroatoms. The second kappa shape index (κ2) is 2.53. The fourth-order valence-electron chi connectivity index (χ4n) is 0.637. The maximum absolute atomic E-state index is 10.8. The van der Waals surface area contributed by atoms with Crippen LogP contribution >= 0.6 is 0 Å². The average Bonchev–Trinajstić information content (AvgIpc) is 1.89. The Kier molecular flexibility index (Phi) is 1.72. The number of Topliss-reactive ketones (excluding diaryl/α,β-unsaturated/α-hetero) is 1. The molecule has 0 aliphatic carbocycles. The summed E-state index contributed by atoms with van der Waals surface area (Å²) in [7, 11) is 1.46. The van der Waals surface area contributed by atoms with E-state index in [1.165, 1.54) is 13.4 Å². The highest BCUT2D eigenvalue weighted by atomic mass is 16.5. The predicted molar refractivity (Wildman–Crippen MR) is 30.7 cm³/mol. The standard InChI is InChI=1S/C6H8O3/c1-8-6-4-9-3-2-5(6)7/h4H,2-3H2,1H3. The minimum absolute atomic E-state index is 0.0174. The molecule has 0 saturated heterocycles. The number of ketones is 1. The van der Waals surface area contributed by atoms with Crippen LogP contribution in [0.15, 0.2) is 12.0 Å². The molecular formula is C6H8O3. The molecule has 0 amide bonds. The van der Waals surface area contributed by atoms with Crippen LogP contribution in [0.4, 0.5) is 0 Å². The van der Waals surface area contributed by atoms with Gasteiger partial charge in [-0.1, -0.05) is 0 Å². The van der Waals surface area contributed by atoms with Gasteiger partial charge in [0.05, 0.1) is 13.7 Å². The van der Waals surface area contributed by atoms with Gasteiger partial charge in [-0.2, -0.15) is 0 Å². The lowest BCUT2D eigenvalue weighted by Crippen LogP contribution is -2.12. The molecule has 0 N–H and O–H groups in total. The fourth-order valence-corrected chi connectivity index (χ4v) is 0.637. The quantitative estimate of drug-likeness (QED) is 0.514. The highest BCUT2D eigenvalue weighted by Gasteiger charge is 2.13. The summed E-state index contributed by atoms with van der Waals surface area (Å²) in [6, 6.07) is 0. The zero-order chi connectivity index (χ0) is 6.69. The minimum Gasteiger partial charge on any atom is -0.497 e. The van der Waals surface area contributed by atoms with Gasteiger partial charge < -0.3 is 9.47 Å². The number of ether oxygens (including phenoxy) is 2. The van der Waals surface area contributed by atoms with E-state index in [0.29, 0.717) is 18.8 Å². The summed E-state index contributed by atoms with van der Waals surface area (Å²) in [5, 5.41) is 0. The van der Waals surface area contributed by atoms with Crippen LogP contribution in [-0.4, -0.2) is 19.5 Å². The van der Waals surface area contributed by atoms with E-state index < -0.39 is 0 Å². The van der Waals surface area contributed by atoms with Gasteiger partial charge >= 0.3 is 0 Å². The Labute approximate surface area is 53.3 Å². The first-order valence-electron chi connectivity index (χ1n) is 2.73. The van der Waals surface area contributed by atoms with Crippen molar-refractivity contribution in [3.63, 3.8) is 0 Å². The lowest BCUT2D eigenvalue weighted by atomic mass is 10.2. The third kappa shape index (κ3) is 1.22. The van der Waals surface area contributed by atoms with E-state index in [4.69, 9.17) is 4.74 Å². The molecule has 0 aromatic heterocycles. The van der Waals surface area contributed by atoms with Gasteiger partial charge in [0.1, 0.15) is 6.26 Å². The van der Waals surface area contributed by atoms with E-state index >= 15 is 0 Å². The monoisotopic (exact) mass is 128 g/mol. The Hall–Kier alpha value is -0.990. The Morgan fingerprint density at radius 3 is 3.00 bits per heavy atom. The van der Waals surface area contributed by atoms with Gasteiger partial charge in [0.15, 0.2) is 5.76 Å². The zero-order valence-electron chi connectivity index (χ0n) is 5.22. The molecule has 1 rings (SSSR count). The number of rotatable bonds is 1. The molecule has 3 nitrogen and oxygen atoms in total. The molecule has 0 aromatic rings. The SMILES string of the molecule is COC1=COCCC1=O. The van der Waals surface area contributed by atoms with Gasteiger partial charge in [0.2, 0.25) is 5.78 Å². The van der Waals surface area contributed by atoms with Crippen molar-refractivity contribution in [2.24, 2.45) is 0 Å². The first kappa shape index (κ1) is 6.13. The lowest BCUT2D eigenvalue weighted by molar-refractivity contribution is -0.120. The number of hydrogen-bond acceptors (Lipinski definition) is 3. The van der Waals surface area contributed by atoms with Crippen LogP contribution in [0.25, 0.3) is 0 Å². The number of carbonyl (C=O) groups is 1. The van der Waals surface area contributed by atoms with Gasteiger partial charge in [-0.15, -0.1) is 0 Å². The molecule has 1 aliphatic heterocycles. The normalized spacial score (nSPS) is 18.3. The van der Waals surface area contributed by atoms with Crippen molar-refractivity contribution < 1.29 is 14.3 Å². The molecular weight excluding hydrogens is 120 g/mol. The first-order valence-corrected chi connectivity index (χ1v) is 2.73. The molecule has 0 unspecified atom stereocenters. The molecule has 1 aliphatic rings. The second-order valence-electron chi connectivity index (χ2n) is 1.73. The molecule has 0 fully saturated rings. The van der Waals surface area contributed by atoms with Crippen molar-refractivity contribution in [1.29, 1.82) is 0 Å². The van der Waals surface area contributed by atoms with Gasteiger partial charge in [-0.25, -0.2) is 0 Å². The average molecular weight is 128 g/mol. The maximum Gasteiger partial charge on any atom is 0.203 e. The molecule has 0 aromatic carbocycles. The van der Waals surface area contributed by atoms with Crippen molar-refractivity contribution in [2.75, 3.05) is 13.7 Å². The van der Waals surface area contributed by atoms with E-state index in [1.807, 2.05) is 0 Å². The van der Waals surface area contributed by atoms with E-state index in [-0.39, 0.29) is 5.78 Å². The van der Waals surface area contributed by atoms with E-state index in [9.17, 15) is 4.79 Å². The third-order valence-electron chi connectivity index (χ3n) is 1.13. The van der Waals surface area contributed by atoms with E-state index in [1.54, 1.807) is 0 Å². The van der Waals surface area contributed by atoms with Crippen molar-refractivity contribution in [1.82, 2.24) is 0 Å².